The lowest BCUT2D eigenvalue weighted by Crippen LogP contribution is -2.10. The topological polar surface area (TPSA) is 0 Å². The van der Waals surface area contributed by atoms with Crippen molar-refractivity contribution in [2.24, 2.45) is 0 Å². The van der Waals surface area contributed by atoms with Crippen molar-refractivity contribution in [3.63, 3.8) is 0 Å². The van der Waals surface area contributed by atoms with Crippen molar-refractivity contribution >= 4 is 11.8 Å². The largest absolute Gasteiger partial charge is 0.171 e. The van der Waals surface area contributed by atoms with E-state index in [2.05, 4.69) is 146 Å². The Labute approximate surface area is 285 Å². The minimum atomic E-state index is 0.941. The van der Waals surface area contributed by atoms with Crippen molar-refractivity contribution in [3.05, 3.63) is 274 Å². The molecule has 2 aromatic carbocycles. The molecule has 5 aliphatic rings. The highest BCUT2D eigenvalue weighted by atomic mass is 14.1. The molecule has 48 heavy (non-hydrogen) atoms. The van der Waals surface area contributed by atoms with E-state index >= 15 is 0 Å². The summed E-state index contributed by atoms with van der Waals surface area (Å²) in [4.78, 5) is 0. The van der Waals surface area contributed by atoms with Crippen molar-refractivity contribution in [2.45, 2.75) is 0 Å². The molecule has 0 fully saturated rings. The van der Waals surface area contributed by atoms with Crippen molar-refractivity contribution < 1.29 is 0 Å². The summed E-state index contributed by atoms with van der Waals surface area (Å²) in [7, 11) is 0. The third-order valence-corrected chi connectivity index (χ3v) is 7.57. The van der Waals surface area contributed by atoms with Gasteiger partial charge in [0.15, 0.2) is 0 Å². The van der Waals surface area contributed by atoms with Crippen LogP contribution in [0, 0.1) is 56.4 Å². The molecular weight excluding hydrogens is 577 g/mol. The van der Waals surface area contributed by atoms with Gasteiger partial charge in [-0.05, 0) is 52.8 Å². The second-order valence-corrected chi connectivity index (χ2v) is 11.4. The third kappa shape index (κ3) is 8.27. The second kappa shape index (κ2) is 14.5. The highest BCUT2D eigenvalue weighted by Gasteiger charge is 2.19. The van der Waals surface area contributed by atoms with Gasteiger partial charge in [-0.15, -0.1) is 24.0 Å². The Hall–Kier alpha value is -6.78. The molecule has 0 aliphatic heterocycles. The van der Waals surface area contributed by atoms with Gasteiger partial charge in [0.1, 0.15) is 27.8 Å². The van der Waals surface area contributed by atoms with Crippen LogP contribution >= 0.6 is 0 Å². The Kier molecular flexibility index (Phi) is 9.06. The van der Waals surface area contributed by atoms with Gasteiger partial charge in [-0.1, -0.05) is 41.5 Å². The van der Waals surface area contributed by atoms with E-state index in [1.54, 1.807) is 0 Å². The molecule has 0 radical (unpaired) electrons. The fraction of sp³-hybridized carbons (Fsp3) is 0. The van der Waals surface area contributed by atoms with Gasteiger partial charge in [-0.2, -0.15) is 80.0 Å². The van der Waals surface area contributed by atoms with Crippen LogP contribution in [-0.2, 0) is 0 Å². The van der Waals surface area contributed by atoms with Gasteiger partial charge >= 0.3 is 0 Å². The highest BCUT2D eigenvalue weighted by Crippen LogP contribution is 2.27. The average molecular weight is 607 g/mol. The predicted molar refractivity (Wildman–Crippen MR) is 197 cm³/mol. The third-order valence-electron chi connectivity index (χ3n) is 7.57. The van der Waals surface area contributed by atoms with Crippen molar-refractivity contribution in [2.75, 3.05) is 0 Å². The quantitative estimate of drug-likeness (QED) is 0.299. The Morgan fingerprint density at radius 1 is 0.542 bits per heavy atom. The van der Waals surface area contributed by atoms with Crippen LogP contribution in [0.15, 0.2) is 196 Å². The summed E-state index contributed by atoms with van der Waals surface area (Å²) in [6, 6.07) is 16.6. The van der Waals surface area contributed by atoms with E-state index in [0.717, 1.165) is 66.1 Å². The van der Waals surface area contributed by atoms with Gasteiger partial charge in [0.2, 0.25) is 0 Å². The molecule has 0 saturated heterocycles. The molecule has 0 heterocycles. The average Bonchev–Trinajstić information content (AvgIpc) is 3.10. The number of hydrogen-bond donors (Lipinski definition) is 0. The SMILES string of the molecule is C(=C1C=C[CH-]C=C1)=c1[cH+]ccc(=[C+]C2=CC(=[C+]c3cccc([C+]=C4C=C[CH-]C=C4)c3)C=C([C+]=C3C=C[CH-]C([C+]=C4C=C[CH-]C=C4)=C3)[CH-]2)[cH-]1. The molecule has 0 aromatic heterocycles. The summed E-state index contributed by atoms with van der Waals surface area (Å²) in [5, 5.41) is 1.98. The second-order valence-electron chi connectivity index (χ2n) is 11.4. The zero-order valence-electron chi connectivity index (χ0n) is 26.3. The minimum Gasteiger partial charge on any atom is -0.171 e. The molecule has 5 aliphatic carbocycles. The summed E-state index contributed by atoms with van der Waals surface area (Å²) in [6.07, 6.45) is 63.0. The molecule has 2 aromatic rings. The Bertz CT molecular complexity index is 2160. The maximum absolute atomic E-state index is 3.63. The van der Waals surface area contributed by atoms with Crippen molar-refractivity contribution in [1.82, 2.24) is 0 Å². The van der Waals surface area contributed by atoms with Gasteiger partial charge < -0.3 is 0 Å². The lowest BCUT2D eigenvalue weighted by molar-refractivity contribution is 1.34. The monoisotopic (exact) mass is 606 g/mol. The zero-order valence-corrected chi connectivity index (χ0v) is 26.3. The molecule has 7 rings (SSSR count). The van der Waals surface area contributed by atoms with Gasteiger partial charge in [0.05, 0.1) is 5.57 Å². The number of hydrogen-bond acceptors (Lipinski definition) is 0. The first kappa shape index (κ1) is 29.9. The number of rotatable bonds is 5. The standard InChI is InChI=1S/C48H30/c1-4-13-37(14-5-1)25-40-19-10-22-43(28-40)31-46-34-47(32-44-23-11-20-41(29-44)26-38-15-6-2-7-16-38)36-48(35-46)33-45-24-12-21-42(30-45)27-39-17-8-3-9-18-39/h1-24,28-30,34-36H. The summed E-state index contributed by atoms with van der Waals surface area (Å²) in [5.74, 6) is 0. The summed E-state index contributed by atoms with van der Waals surface area (Å²) < 4.78 is 0. The van der Waals surface area contributed by atoms with Crippen LogP contribution in [0.1, 0.15) is 11.1 Å². The van der Waals surface area contributed by atoms with Gasteiger partial charge in [-0.25, -0.2) is 0 Å². The van der Waals surface area contributed by atoms with E-state index in [1.807, 2.05) is 73.9 Å². The van der Waals surface area contributed by atoms with Crippen LogP contribution in [-0.4, -0.2) is 0 Å². The summed E-state index contributed by atoms with van der Waals surface area (Å²) in [6.45, 7) is 0. The molecular formula is C48H30. The minimum absolute atomic E-state index is 0.941. The molecule has 222 valence electrons. The fourth-order valence-electron chi connectivity index (χ4n) is 5.43. The Morgan fingerprint density at radius 3 is 1.85 bits per heavy atom. The first-order chi connectivity index (χ1) is 23.7. The Morgan fingerprint density at radius 2 is 1.12 bits per heavy atom. The Balaban J connectivity index is 1.25. The van der Waals surface area contributed by atoms with E-state index in [1.165, 1.54) is 0 Å². The molecule has 0 amide bonds. The van der Waals surface area contributed by atoms with Gasteiger partial charge in [-0.3, -0.25) is 0 Å². The fourth-order valence-corrected chi connectivity index (χ4v) is 5.43. The predicted octanol–water partition coefficient (Wildman–Crippen LogP) is 8.73. The van der Waals surface area contributed by atoms with Crippen LogP contribution in [0.2, 0.25) is 0 Å². The molecule has 0 unspecified atom stereocenters. The molecule has 0 spiro atoms. The number of benzene rings is 2. The van der Waals surface area contributed by atoms with E-state index < -0.39 is 0 Å². The highest BCUT2D eigenvalue weighted by molar-refractivity contribution is 5.65. The van der Waals surface area contributed by atoms with E-state index in [-0.39, 0.29) is 0 Å². The molecule has 0 saturated carbocycles. The van der Waals surface area contributed by atoms with E-state index in [9.17, 15) is 0 Å². The van der Waals surface area contributed by atoms with Crippen molar-refractivity contribution in [1.29, 1.82) is 0 Å². The molecule has 0 bridgehead atoms. The first-order valence-corrected chi connectivity index (χ1v) is 15.9. The first-order valence-electron chi connectivity index (χ1n) is 15.9. The normalized spacial score (nSPS) is 18.8. The molecule has 0 atom stereocenters. The smallest absolute Gasteiger partial charge is 0.127 e. The molecule has 0 nitrogen and oxygen atoms in total. The van der Waals surface area contributed by atoms with Crippen LogP contribution < -0.4 is 10.4 Å². The zero-order chi connectivity index (χ0) is 32.4. The number of allylic oxidation sites excluding steroid dienone is 27. The summed E-state index contributed by atoms with van der Waals surface area (Å²) in [5.41, 5.74) is 13.4. The maximum Gasteiger partial charge on any atom is 0.127 e. The van der Waals surface area contributed by atoms with Crippen LogP contribution in [0.3, 0.4) is 0 Å². The summed E-state index contributed by atoms with van der Waals surface area (Å²) >= 11 is 0. The van der Waals surface area contributed by atoms with Crippen LogP contribution in [0.5, 0.6) is 0 Å². The van der Waals surface area contributed by atoms with E-state index in [4.69, 9.17) is 0 Å². The van der Waals surface area contributed by atoms with Gasteiger partial charge in [0.25, 0.3) is 0 Å². The van der Waals surface area contributed by atoms with Crippen molar-refractivity contribution in [3.8, 4) is 0 Å². The van der Waals surface area contributed by atoms with Crippen LogP contribution in [0.25, 0.3) is 11.8 Å². The van der Waals surface area contributed by atoms with E-state index in [0.29, 0.717) is 0 Å². The maximum atomic E-state index is 3.63. The van der Waals surface area contributed by atoms with Gasteiger partial charge in [0, 0.05) is 54.5 Å². The molecule has 0 N–H and O–H groups in total. The molecule has 0 heteroatoms. The lowest BCUT2D eigenvalue weighted by atomic mass is 9.90. The lowest BCUT2D eigenvalue weighted by Gasteiger charge is -2.11. The van der Waals surface area contributed by atoms with Crippen LogP contribution in [0.4, 0.5) is 0 Å².